The molecule has 0 aliphatic rings. The Kier molecular flexibility index (Phi) is 5.37. The average molecular weight is 318 g/mol. The standard InChI is InChI=1S/C13H17Cl2N3S/c1-3-19-5-4-9(2)18-12(7-14)17-11-6-10(15)8-16-13(11)18/h6,8-9H,3-5,7H2,1-2H3. The topological polar surface area (TPSA) is 30.7 Å². The number of fused-ring (bicyclic) bond motifs is 1. The zero-order chi connectivity index (χ0) is 13.8. The number of nitrogens with zero attached hydrogens (tertiary/aromatic N) is 3. The van der Waals surface area contributed by atoms with Gasteiger partial charge in [0, 0.05) is 12.2 Å². The molecule has 0 aromatic carbocycles. The molecule has 2 aromatic rings. The molecule has 0 saturated heterocycles. The molecule has 6 heteroatoms. The van der Waals surface area contributed by atoms with Crippen molar-refractivity contribution in [2.45, 2.75) is 32.2 Å². The van der Waals surface area contributed by atoms with Gasteiger partial charge in [-0.2, -0.15) is 11.8 Å². The molecule has 0 aliphatic carbocycles. The molecule has 0 radical (unpaired) electrons. The lowest BCUT2D eigenvalue weighted by atomic mass is 10.2. The second kappa shape index (κ2) is 6.82. The lowest BCUT2D eigenvalue weighted by molar-refractivity contribution is 0.530. The predicted octanol–water partition coefficient (Wildman–Crippen LogP) is 4.53. The number of halogens is 2. The van der Waals surface area contributed by atoms with Crippen molar-refractivity contribution >= 4 is 46.1 Å². The SMILES string of the molecule is CCSCCC(C)n1c(CCl)nc2cc(Cl)cnc21. The number of thioether (sulfide) groups is 1. The summed E-state index contributed by atoms with van der Waals surface area (Å²) in [4.78, 5) is 8.92. The summed E-state index contributed by atoms with van der Waals surface area (Å²) in [6.07, 6.45) is 2.74. The Hall–Kier alpha value is -0.450. The van der Waals surface area contributed by atoms with Crippen LogP contribution in [0, 0.1) is 0 Å². The predicted molar refractivity (Wildman–Crippen MR) is 84.4 cm³/mol. The van der Waals surface area contributed by atoms with Crippen LogP contribution in [0.4, 0.5) is 0 Å². The first-order chi connectivity index (χ1) is 9.17. The molecule has 1 unspecified atom stereocenters. The minimum atomic E-state index is 0.339. The molecule has 0 aliphatic heterocycles. The van der Waals surface area contributed by atoms with Crippen LogP contribution in [0.5, 0.6) is 0 Å². The second-order valence-corrected chi connectivity index (χ2v) is 6.46. The van der Waals surface area contributed by atoms with E-state index in [0.29, 0.717) is 16.9 Å². The number of aromatic nitrogens is 3. The molecular weight excluding hydrogens is 301 g/mol. The van der Waals surface area contributed by atoms with Crippen LogP contribution in [0.2, 0.25) is 5.02 Å². The first kappa shape index (κ1) is 14.9. The van der Waals surface area contributed by atoms with Crippen molar-refractivity contribution in [3.63, 3.8) is 0 Å². The van der Waals surface area contributed by atoms with Crippen molar-refractivity contribution in [2.75, 3.05) is 11.5 Å². The molecule has 19 heavy (non-hydrogen) atoms. The first-order valence-corrected chi connectivity index (χ1v) is 8.40. The summed E-state index contributed by atoms with van der Waals surface area (Å²) in [7, 11) is 0. The number of alkyl halides is 1. The smallest absolute Gasteiger partial charge is 0.160 e. The average Bonchev–Trinajstić information content (AvgIpc) is 2.76. The third-order valence-corrected chi connectivity index (χ3v) is 4.39. The van der Waals surface area contributed by atoms with Gasteiger partial charge in [-0.1, -0.05) is 18.5 Å². The Balaban J connectivity index is 2.34. The van der Waals surface area contributed by atoms with Gasteiger partial charge in [-0.25, -0.2) is 9.97 Å². The minimum absolute atomic E-state index is 0.339. The van der Waals surface area contributed by atoms with Crippen molar-refractivity contribution < 1.29 is 0 Å². The molecule has 0 fully saturated rings. The van der Waals surface area contributed by atoms with E-state index in [-0.39, 0.29) is 0 Å². The number of pyridine rings is 1. The van der Waals surface area contributed by atoms with Crippen LogP contribution in [-0.2, 0) is 5.88 Å². The minimum Gasteiger partial charge on any atom is -0.309 e. The van der Waals surface area contributed by atoms with E-state index in [1.165, 1.54) is 0 Å². The maximum absolute atomic E-state index is 6.00. The van der Waals surface area contributed by atoms with E-state index < -0.39 is 0 Å². The van der Waals surface area contributed by atoms with Crippen LogP contribution in [0.25, 0.3) is 11.2 Å². The zero-order valence-corrected chi connectivity index (χ0v) is 13.4. The molecule has 0 spiro atoms. The van der Waals surface area contributed by atoms with Gasteiger partial charge in [-0.05, 0) is 30.9 Å². The lowest BCUT2D eigenvalue weighted by Crippen LogP contribution is -2.10. The van der Waals surface area contributed by atoms with Crippen LogP contribution < -0.4 is 0 Å². The molecule has 2 rings (SSSR count). The summed E-state index contributed by atoms with van der Waals surface area (Å²) in [6, 6.07) is 2.18. The maximum Gasteiger partial charge on any atom is 0.160 e. The van der Waals surface area contributed by atoms with Gasteiger partial charge >= 0.3 is 0 Å². The Morgan fingerprint density at radius 2 is 2.26 bits per heavy atom. The Bertz CT molecular complexity index is 556. The molecule has 2 heterocycles. The Morgan fingerprint density at radius 3 is 2.95 bits per heavy atom. The molecule has 0 saturated carbocycles. The van der Waals surface area contributed by atoms with Gasteiger partial charge < -0.3 is 4.57 Å². The van der Waals surface area contributed by atoms with Gasteiger partial charge in [0.15, 0.2) is 5.65 Å². The van der Waals surface area contributed by atoms with Gasteiger partial charge in [-0.3, -0.25) is 0 Å². The summed E-state index contributed by atoms with van der Waals surface area (Å²) in [6.45, 7) is 4.36. The Morgan fingerprint density at radius 1 is 1.47 bits per heavy atom. The molecule has 3 nitrogen and oxygen atoms in total. The molecule has 0 amide bonds. The molecule has 2 aromatic heterocycles. The van der Waals surface area contributed by atoms with Crippen LogP contribution in [-0.4, -0.2) is 26.0 Å². The summed E-state index contributed by atoms with van der Waals surface area (Å²) in [5.41, 5.74) is 1.69. The fourth-order valence-corrected chi connectivity index (χ4v) is 3.23. The van der Waals surface area contributed by atoms with E-state index in [0.717, 1.165) is 34.9 Å². The largest absolute Gasteiger partial charge is 0.309 e. The third-order valence-electron chi connectivity index (χ3n) is 3.01. The summed E-state index contributed by atoms with van der Waals surface area (Å²) < 4.78 is 2.13. The number of imidazole rings is 1. The van der Waals surface area contributed by atoms with Crippen molar-refractivity contribution in [3.05, 3.63) is 23.1 Å². The molecular formula is C13H17Cl2N3S. The van der Waals surface area contributed by atoms with Crippen molar-refractivity contribution in [1.29, 1.82) is 0 Å². The van der Waals surface area contributed by atoms with E-state index >= 15 is 0 Å². The van der Waals surface area contributed by atoms with E-state index in [9.17, 15) is 0 Å². The summed E-state index contributed by atoms with van der Waals surface area (Å²) in [5.74, 6) is 3.53. The Labute approximate surface area is 127 Å². The van der Waals surface area contributed by atoms with Gasteiger partial charge in [0.2, 0.25) is 0 Å². The molecule has 0 N–H and O–H groups in total. The van der Waals surface area contributed by atoms with Crippen LogP contribution in [0.15, 0.2) is 12.3 Å². The van der Waals surface area contributed by atoms with Crippen LogP contribution in [0.1, 0.15) is 32.1 Å². The van der Waals surface area contributed by atoms with E-state index in [1.807, 2.05) is 17.8 Å². The monoisotopic (exact) mass is 317 g/mol. The van der Waals surface area contributed by atoms with Gasteiger partial charge in [0.05, 0.1) is 10.9 Å². The van der Waals surface area contributed by atoms with Crippen LogP contribution >= 0.6 is 35.0 Å². The number of hydrogen-bond donors (Lipinski definition) is 0. The van der Waals surface area contributed by atoms with E-state index in [2.05, 4.69) is 28.4 Å². The van der Waals surface area contributed by atoms with Crippen molar-refractivity contribution in [3.8, 4) is 0 Å². The fraction of sp³-hybridized carbons (Fsp3) is 0.538. The highest BCUT2D eigenvalue weighted by Gasteiger charge is 2.16. The lowest BCUT2D eigenvalue weighted by Gasteiger charge is -2.16. The summed E-state index contributed by atoms with van der Waals surface area (Å²) in [5, 5.41) is 0.604. The number of hydrogen-bond acceptors (Lipinski definition) is 3. The van der Waals surface area contributed by atoms with Gasteiger partial charge in [-0.15, -0.1) is 11.6 Å². The quantitative estimate of drug-likeness (QED) is 0.579. The zero-order valence-electron chi connectivity index (χ0n) is 11.1. The van der Waals surface area contributed by atoms with E-state index in [4.69, 9.17) is 23.2 Å². The normalized spacial score (nSPS) is 13.1. The first-order valence-electron chi connectivity index (χ1n) is 6.33. The maximum atomic E-state index is 6.00. The molecule has 104 valence electrons. The second-order valence-electron chi connectivity index (χ2n) is 4.36. The summed E-state index contributed by atoms with van der Waals surface area (Å²) >= 11 is 13.9. The highest BCUT2D eigenvalue weighted by Crippen LogP contribution is 2.25. The fourth-order valence-electron chi connectivity index (χ4n) is 2.09. The van der Waals surface area contributed by atoms with Crippen molar-refractivity contribution in [2.24, 2.45) is 0 Å². The highest BCUT2D eigenvalue weighted by molar-refractivity contribution is 7.99. The number of rotatable bonds is 6. The van der Waals surface area contributed by atoms with Crippen LogP contribution in [0.3, 0.4) is 0 Å². The molecule has 0 bridgehead atoms. The van der Waals surface area contributed by atoms with E-state index in [1.54, 1.807) is 6.20 Å². The highest BCUT2D eigenvalue weighted by atomic mass is 35.5. The van der Waals surface area contributed by atoms with Gasteiger partial charge in [0.1, 0.15) is 11.3 Å². The van der Waals surface area contributed by atoms with Gasteiger partial charge in [0.25, 0.3) is 0 Å². The molecule has 1 atom stereocenters. The third kappa shape index (κ3) is 3.36. The van der Waals surface area contributed by atoms with Crippen molar-refractivity contribution in [1.82, 2.24) is 14.5 Å².